The third-order valence-corrected chi connectivity index (χ3v) is 8.23. The van der Waals surface area contributed by atoms with Gasteiger partial charge in [0, 0.05) is 13.6 Å². The largest absolute Gasteiger partial charge is 0.448 e. The molecule has 1 atom stereocenters. The smallest absolute Gasteiger partial charge is 0.406 e. The highest BCUT2D eigenvalue weighted by molar-refractivity contribution is 5.90. The van der Waals surface area contributed by atoms with Crippen molar-refractivity contribution < 1.29 is 14.3 Å². The second-order valence-corrected chi connectivity index (χ2v) is 10.6. The Morgan fingerprint density at radius 1 is 1.29 bits per heavy atom. The maximum atomic E-state index is 13.9. The first-order valence-electron chi connectivity index (χ1n) is 13.2. The van der Waals surface area contributed by atoms with E-state index >= 15 is 0 Å². The normalized spacial score (nSPS) is 24.1. The zero-order valence-electron chi connectivity index (χ0n) is 21.6. The third kappa shape index (κ3) is 6.35. The molecule has 1 aromatic carbocycles. The summed E-state index contributed by atoms with van der Waals surface area (Å²) < 4.78 is 5.17. The highest BCUT2D eigenvalue weighted by atomic mass is 16.5. The summed E-state index contributed by atoms with van der Waals surface area (Å²) in [5.41, 5.74) is 7.98. The Labute approximate surface area is 210 Å². The van der Waals surface area contributed by atoms with E-state index in [0.29, 0.717) is 31.6 Å². The molecule has 2 amide bonds. The Morgan fingerprint density at radius 2 is 2.03 bits per heavy atom. The van der Waals surface area contributed by atoms with Gasteiger partial charge in [-0.25, -0.2) is 4.79 Å². The number of carbonyl (C=O) groups excluding carboxylic acids is 2. The first-order valence-corrected chi connectivity index (χ1v) is 13.2. The SMILES string of the molecule is CNC(=O)OCCN1Cc2cc(C#N)ccc2C(CCN)(CCCC2CCC(C(C)C)CC2)C1=O. The monoisotopic (exact) mass is 482 g/mol. The molecule has 7 nitrogen and oxygen atoms in total. The quantitative estimate of drug-likeness (QED) is 0.511. The summed E-state index contributed by atoms with van der Waals surface area (Å²) in [5, 5.41) is 11.9. The Bertz CT molecular complexity index is 917. The van der Waals surface area contributed by atoms with Gasteiger partial charge in [-0.2, -0.15) is 5.26 Å². The second kappa shape index (κ2) is 12.4. The summed E-state index contributed by atoms with van der Waals surface area (Å²) >= 11 is 0. The number of fused-ring (bicyclic) bond motifs is 1. The van der Waals surface area contributed by atoms with Crippen LogP contribution >= 0.6 is 0 Å². The number of hydrogen-bond acceptors (Lipinski definition) is 5. The summed E-state index contributed by atoms with van der Waals surface area (Å²) in [7, 11) is 1.51. The van der Waals surface area contributed by atoms with Gasteiger partial charge in [-0.1, -0.05) is 45.6 Å². The van der Waals surface area contributed by atoms with E-state index in [0.717, 1.165) is 48.1 Å². The van der Waals surface area contributed by atoms with E-state index in [9.17, 15) is 14.9 Å². The van der Waals surface area contributed by atoms with Crippen molar-refractivity contribution >= 4 is 12.0 Å². The van der Waals surface area contributed by atoms with Crippen molar-refractivity contribution in [3.05, 3.63) is 34.9 Å². The van der Waals surface area contributed by atoms with Gasteiger partial charge in [-0.15, -0.1) is 0 Å². The zero-order valence-corrected chi connectivity index (χ0v) is 21.6. The lowest BCUT2D eigenvalue weighted by molar-refractivity contribution is -0.140. The van der Waals surface area contributed by atoms with Gasteiger partial charge in [0.05, 0.1) is 23.6 Å². The van der Waals surface area contributed by atoms with Crippen LogP contribution in [-0.2, 0) is 21.5 Å². The molecule has 3 rings (SSSR count). The Kier molecular flexibility index (Phi) is 9.56. The molecular formula is C28H42N4O3. The summed E-state index contributed by atoms with van der Waals surface area (Å²) in [6.45, 7) is 5.91. The van der Waals surface area contributed by atoms with Crippen molar-refractivity contribution in [1.82, 2.24) is 10.2 Å². The topological polar surface area (TPSA) is 108 Å². The molecule has 1 unspecified atom stereocenters. The number of ether oxygens (including phenoxy) is 1. The molecule has 0 aromatic heterocycles. The minimum absolute atomic E-state index is 0.0594. The van der Waals surface area contributed by atoms with E-state index in [1.165, 1.54) is 32.7 Å². The number of nitrogens with one attached hydrogen (secondary N) is 1. The fourth-order valence-electron chi connectivity index (χ4n) is 6.15. The Hall–Kier alpha value is -2.59. The summed E-state index contributed by atoms with van der Waals surface area (Å²) in [4.78, 5) is 27.2. The number of rotatable bonds is 10. The van der Waals surface area contributed by atoms with Crippen molar-refractivity contribution in [2.75, 3.05) is 26.7 Å². The predicted molar refractivity (Wildman–Crippen MR) is 136 cm³/mol. The maximum absolute atomic E-state index is 13.9. The number of hydrogen-bond donors (Lipinski definition) is 2. The molecule has 1 aliphatic heterocycles. The van der Waals surface area contributed by atoms with E-state index in [1.807, 2.05) is 18.2 Å². The molecule has 1 fully saturated rings. The Balaban J connectivity index is 1.78. The highest BCUT2D eigenvalue weighted by Crippen LogP contribution is 2.43. The molecule has 1 heterocycles. The van der Waals surface area contributed by atoms with E-state index in [-0.39, 0.29) is 12.5 Å². The standard InChI is InChI=1S/C28H42N4O3/c1-20(2)23-9-6-21(7-10-23)5-4-12-28(13-14-29)25-11-8-22(18-30)17-24(25)19-32(26(28)33)15-16-35-27(34)31-3/h8,11,17,20-21,23H,4-7,9-10,12-16,19,29H2,1-3H3,(H,31,34). The number of nitrogens with zero attached hydrogens (tertiary/aromatic N) is 2. The van der Waals surface area contributed by atoms with E-state index in [1.54, 1.807) is 4.90 Å². The van der Waals surface area contributed by atoms with Gasteiger partial charge >= 0.3 is 6.09 Å². The number of alkyl carbamates (subject to hydrolysis) is 1. The van der Waals surface area contributed by atoms with Crippen LogP contribution in [0.25, 0.3) is 0 Å². The molecule has 192 valence electrons. The fraction of sp³-hybridized carbons (Fsp3) is 0.679. The van der Waals surface area contributed by atoms with Crippen molar-refractivity contribution in [2.45, 2.75) is 77.2 Å². The van der Waals surface area contributed by atoms with Gasteiger partial charge < -0.3 is 20.7 Å². The average Bonchev–Trinajstić information content (AvgIpc) is 2.86. The predicted octanol–water partition coefficient (Wildman–Crippen LogP) is 4.48. The lowest BCUT2D eigenvalue weighted by Gasteiger charge is -2.43. The van der Waals surface area contributed by atoms with Crippen LogP contribution in [0.4, 0.5) is 4.79 Å². The molecule has 0 saturated heterocycles. The second-order valence-electron chi connectivity index (χ2n) is 10.6. The molecule has 1 saturated carbocycles. The molecule has 0 spiro atoms. The molecule has 3 N–H and O–H groups in total. The van der Waals surface area contributed by atoms with Crippen molar-refractivity contribution in [3.63, 3.8) is 0 Å². The van der Waals surface area contributed by atoms with E-state index in [4.69, 9.17) is 10.5 Å². The summed E-state index contributed by atoms with van der Waals surface area (Å²) in [6, 6.07) is 7.90. The van der Waals surface area contributed by atoms with E-state index < -0.39 is 11.5 Å². The van der Waals surface area contributed by atoms with Crippen LogP contribution in [0.2, 0.25) is 0 Å². The number of amides is 2. The molecule has 0 radical (unpaired) electrons. The van der Waals surface area contributed by atoms with Gasteiger partial charge in [-0.05, 0) is 73.2 Å². The van der Waals surface area contributed by atoms with Crippen molar-refractivity contribution in [2.24, 2.45) is 23.5 Å². The molecule has 1 aliphatic carbocycles. The van der Waals surface area contributed by atoms with Crippen LogP contribution in [0, 0.1) is 29.1 Å². The molecule has 7 heteroatoms. The van der Waals surface area contributed by atoms with Crippen molar-refractivity contribution in [3.8, 4) is 6.07 Å². The van der Waals surface area contributed by atoms with Crippen LogP contribution in [0.15, 0.2) is 18.2 Å². The molecule has 1 aromatic rings. The van der Waals surface area contributed by atoms with Crippen LogP contribution in [-0.4, -0.2) is 43.6 Å². The fourth-order valence-corrected chi connectivity index (χ4v) is 6.15. The van der Waals surface area contributed by atoms with Gasteiger partial charge in [0.2, 0.25) is 5.91 Å². The van der Waals surface area contributed by atoms with Gasteiger partial charge in [0.25, 0.3) is 0 Å². The van der Waals surface area contributed by atoms with Crippen LogP contribution < -0.4 is 11.1 Å². The third-order valence-electron chi connectivity index (χ3n) is 8.23. The van der Waals surface area contributed by atoms with Gasteiger partial charge in [0.1, 0.15) is 6.61 Å². The van der Waals surface area contributed by atoms with Crippen LogP contribution in [0.1, 0.15) is 81.9 Å². The van der Waals surface area contributed by atoms with Crippen molar-refractivity contribution in [1.29, 1.82) is 5.26 Å². The lowest BCUT2D eigenvalue weighted by atomic mass is 9.67. The van der Waals surface area contributed by atoms with Crippen LogP contribution in [0.5, 0.6) is 0 Å². The van der Waals surface area contributed by atoms with Gasteiger partial charge in [-0.3, -0.25) is 4.79 Å². The Morgan fingerprint density at radius 3 is 2.66 bits per heavy atom. The lowest BCUT2D eigenvalue weighted by Crippen LogP contribution is -2.52. The molecular weight excluding hydrogens is 440 g/mol. The molecule has 0 bridgehead atoms. The molecule has 35 heavy (non-hydrogen) atoms. The zero-order chi connectivity index (χ0) is 25.4. The first-order chi connectivity index (χ1) is 16.8. The molecule has 2 aliphatic rings. The number of benzene rings is 1. The number of nitriles is 1. The first kappa shape index (κ1) is 27.0. The van der Waals surface area contributed by atoms with E-state index in [2.05, 4.69) is 25.2 Å². The summed E-state index contributed by atoms with van der Waals surface area (Å²) in [5.74, 6) is 2.40. The number of nitrogens with two attached hydrogens (primary N) is 1. The number of carbonyl (C=O) groups is 2. The highest BCUT2D eigenvalue weighted by Gasteiger charge is 2.46. The van der Waals surface area contributed by atoms with Crippen LogP contribution in [0.3, 0.4) is 0 Å². The summed E-state index contributed by atoms with van der Waals surface area (Å²) in [6.07, 6.45) is 8.11. The minimum Gasteiger partial charge on any atom is -0.448 e. The maximum Gasteiger partial charge on any atom is 0.406 e. The van der Waals surface area contributed by atoms with Gasteiger partial charge in [0.15, 0.2) is 0 Å². The minimum atomic E-state index is -0.696. The average molecular weight is 483 g/mol.